The van der Waals surface area contributed by atoms with E-state index in [0.717, 1.165) is 25.3 Å². The molecule has 0 bridgehead atoms. The van der Waals surface area contributed by atoms with Crippen molar-refractivity contribution in [2.24, 2.45) is 0 Å². The summed E-state index contributed by atoms with van der Waals surface area (Å²) in [5.41, 5.74) is -0.0425. The molecule has 0 unspecified atom stereocenters. The number of aromatic carboxylic acids is 1. The predicted octanol–water partition coefficient (Wildman–Crippen LogP) is 0.692. The summed E-state index contributed by atoms with van der Waals surface area (Å²) in [5, 5.41) is 8.94. The van der Waals surface area contributed by atoms with Crippen LogP contribution in [-0.4, -0.2) is 36.8 Å². The van der Waals surface area contributed by atoms with Gasteiger partial charge in [0, 0.05) is 6.07 Å². The van der Waals surface area contributed by atoms with Crippen LogP contribution in [0.4, 0.5) is 5.69 Å². The van der Waals surface area contributed by atoms with Crippen molar-refractivity contribution in [2.75, 3.05) is 11.0 Å². The molecule has 18 heavy (non-hydrogen) atoms. The average molecular weight is 272 g/mol. The summed E-state index contributed by atoms with van der Waals surface area (Å²) >= 11 is 0. The van der Waals surface area contributed by atoms with E-state index in [2.05, 4.69) is 9.71 Å². The molecule has 0 atom stereocenters. The third-order valence-corrected chi connectivity index (χ3v) is 2.78. The number of rotatable bonds is 5. The maximum atomic E-state index is 11.1. The smallest absolute Gasteiger partial charge is 0.358 e. The molecule has 0 spiro atoms. The van der Waals surface area contributed by atoms with Crippen LogP contribution in [0.5, 0.6) is 5.75 Å². The van der Waals surface area contributed by atoms with Gasteiger partial charge in [-0.2, -0.15) is 0 Å². The third kappa shape index (κ3) is 3.33. The van der Waals surface area contributed by atoms with Crippen LogP contribution >= 0.6 is 0 Å². The number of nitrogens with zero attached hydrogens (tertiary/aromatic N) is 1. The van der Waals surface area contributed by atoms with Gasteiger partial charge in [-0.25, -0.2) is 18.2 Å². The van der Waals surface area contributed by atoms with Gasteiger partial charge in [0.05, 0.1) is 24.2 Å². The molecular weight excluding hydrogens is 260 g/mol. The van der Waals surface area contributed by atoms with Gasteiger partial charge in [0.15, 0.2) is 11.4 Å². The van der Waals surface area contributed by atoms with E-state index < -0.39 is 16.0 Å². The van der Waals surface area contributed by atoms with Crippen molar-refractivity contribution >= 4 is 21.7 Å². The highest BCUT2D eigenvalue weighted by molar-refractivity contribution is 7.92. The summed E-state index contributed by atoms with van der Waals surface area (Å²) in [6, 6.07) is 1.33. The Hall–Kier alpha value is -1.83. The molecule has 0 saturated heterocycles. The largest absolute Gasteiger partial charge is 0.488 e. The van der Waals surface area contributed by atoms with E-state index in [0.29, 0.717) is 0 Å². The molecule has 0 amide bonds. The number of hydrogen-bond donors (Lipinski definition) is 2. The van der Waals surface area contributed by atoms with Crippen molar-refractivity contribution in [3.8, 4) is 5.75 Å². The van der Waals surface area contributed by atoms with E-state index in [1.807, 2.05) is 0 Å². The minimum atomic E-state index is -3.43. The number of nitrogens with one attached hydrogen (secondary N) is 1. The normalized spacial score (nSPS) is 15.2. The van der Waals surface area contributed by atoms with Crippen LogP contribution in [-0.2, 0) is 10.0 Å². The zero-order valence-electron chi connectivity index (χ0n) is 9.58. The fourth-order valence-electron chi connectivity index (χ4n) is 1.33. The summed E-state index contributed by atoms with van der Waals surface area (Å²) in [6.07, 6.45) is 3.87. The number of carboxylic acids is 1. The molecule has 1 fully saturated rings. The molecular formula is C10H12N2O5S. The fraction of sp³-hybridized carbons (Fsp3) is 0.400. The Bertz CT molecular complexity index is 580. The van der Waals surface area contributed by atoms with E-state index in [4.69, 9.17) is 9.84 Å². The molecule has 1 aliphatic rings. The Balaban J connectivity index is 2.31. The molecule has 1 aliphatic carbocycles. The minimum absolute atomic E-state index is 0.00150. The van der Waals surface area contributed by atoms with Crippen molar-refractivity contribution in [3.05, 3.63) is 18.0 Å². The third-order valence-electron chi connectivity index (χ3n) is 2.18. The molecule has 1 saturated carbocycles. The zero-order chi connectivity index (χ0) is 13.3. The van der Waals surface area contributed by atoms with Crippen LogP contribution in [0.1, 0.15) is 23.3 Å². The van der Waals surface area contributed by atoms with Gasteiger partial charge in [0.25, 0.3) is 0 Å². The molecule has 8 heteroatoms. The van der Waals surface area contributed by atoms with Crippen molar-refractivity contribution < 1.29 is 23.1 Å². The van der Waals surface area contributed by atoms with E-state index in [1.165, 1.54) is 6.07 Å². The van der Waals surface area contributed by atoms with Gasteiger partial charge in [0.2, 0.25) is 10.0 Å². The number of carbonyl (C=O) groups is 1. The topological polar surface area (TPSA) is 106 Å². The molecule has 7 nitrogen and oxygen atoms in total. The molecule has 0 aliphatic heterocycles. The maximum Gasteiger partial charge on any atom is 0.358 e. The lowest BCUT2D eigenvalue weighted by Crippen LogP contribution is -2.12. The number of ether oxygens (including phenoxy) is 1. The molecule has 1 heterocycles. The van der Waals surface area contributed by atoms with Crippen LogP contribution in [0.2, 0.25) is 0 Å². The van der Waals surface area contributed by atoms with Crippen LogP contribution in [0, 0.1) is 0 Å². The number of sulfonamides is 1. The highest BCUT2D eigenvalue weighted by Gasteiger charge is 2.26. The predicted molar refractivity (Wildman–Crippen MR) is 63.3 cm³/mol. The lowest BCUT2D eigenvalue weighted by atomic mass is 10.3. The molecule has 98 valence electrons. The molecule has 0 radical (unpaired) electrons. The highest BCUT2D eigenvalue weighted by atomic mass is 32.2. The van der Waals surface area contributed by atoms with E-state index in [1.54, 1.807) is 0 Å². The zero-order valence-corrected chi connectivity index (χ0v) is 10.4. The second-order valence-corrected chi connectivity index (χ2v) is 5.82. The average Bonchev–Trinajstić information content (AvgIpc) is 2.98. The number of anilines is 1. The van der Waals surface area contributed by atoms with Gasteiger partial charge in [-0.1, -0.05) is 0 Å². The summed E-state index contributed by atoms with van der Waals surface area (Å²) in [7, 11) is -3.43. The maximum absolute atomic E-state index is 11.1. The monoisotopic (exact) mass is 272 g/mol. The SMILES string of the molecule is CS(=O)(=O)Nc1cnc(C(=O)O)c(OC2CC2)c1. The highest BCUT2D eigenvalue weighted by Crippen LogP contribution is 2.30. The summed E-state index contributed by atoms with van der Waals surface area (Å²) < 4.78 is 29.8. The van der Waals surface area contributed by atoms with E-state index in [9.17, 15) is 13.2 Å². The van der Waals surface area contributed by atoms with Crippen molar-refractivity contribution in [1.29, 1.82) is 0 Å². The van der Waals surface area contributed by atoms with Crippen LogP contribution < -0.4 is 9.46 Å². The standard InChI is InChI=1S/C10H12N2O5S/c1-18(15,16)12-6-4-8(17-7-2-3-7)9(10(13)14)11-5-6/h4-5,7,12H,2-3H2,1H3,(H,13,14). The molecule has 0 aromatic carbocycles. The minimum Gasteiger partial charge on any atom is -0.488 e. The quantitative estimate of drug-likeness (QED) is 0.817. The van der Waals surface area contributed by atoms with Crippen molar-refractivity contribution in [2.45, 2.75) is 18.9 Å². The Morgan fingerprint density at radius 3 is 2.72 bits per heavy atom. The number of pyridine rings is 1. The van der Waals surface area contributed by atoms with Gasteiger partial charge in [-0.15, -0.1) is 0 Å². The van der Waals surface area contributed by atoms with Gasteiger partial charge in [0.1, 0.15) is 0 Å². The number of hydrogen-bond acceptors (Lipinski definition) is 5. The first-order chi connectivity index (χ1) is 8.35. The first-order valence-electron chi connectivity index (χ1n) is 5.23. The molecule has 1 aromatic rings. The Labute approximate surface area is 104 Å². The lowest BCUT2D eigenvalue weighted by molar-refractivity contribution is 0.0685. The van der Waals surface area contributed by atoms with E-state index in [-0.39, 0.29) is 23.2 Å². The van der Waals surface area contributed by atoms with Gasteiger partial charge in [-0.3, -0.25) is 4.72 Å². The van der Waals surface area contributed by atoms with Gasteiger partial charge < -0.3 is 9.84 Å². The van der Waals surface area contributed by atoms with Gasteiger partial charge >= 0.3 is 5.97 Å². The Kier molecular flexibility index (Phi) is 3.12. The van der Waals surface area contributed by atoms with Crippen molar-refractivity contribution in [3.63, 3.8) is 0 Å². The molecule has 2 rings (SSSR count). The summed E-state index contributed by atoms with van der Waals surface area (Å²) in [5.74, 6) is -1.13. The van der Waals surface area contributed by atoms with E-state index >= 15 is 0 Å². The van der Waals surface area contributed by atoms with Gasteiger partial charge in [-0.05, 0) is 12.8 Å². The molecule has 1 aromatic heterocycles. The van der Waals surface area contributed by atoms with Crippen LogP contribution in [0.15, 0.2) is 12.3 Å². The summed E-state index contributed by atoms with van der Waals surface area (Å²) in [4.78, 5) is 14.6. The fourth-order valence-corrected chi connectivity index (χ4v) is 1.87. The van der Waals surface area contributed by atoms with Crippen LogP contribution in [0.25, 0.3) is 0 Å². The number of aromatic nitrogens is 1. The second-order valence-electron chi connectivity index (χ2n) is 4.07. The Morgan fingerprint density at radius 2 is 2.22 bits per heavy atom. The summed E-state index contributed by atoms with van der Waals surface area (Å²) in [6.45, 7) is 0. The lowest BCUT2D eigenvalue weighted by Gasteiger charge is -2.10. The first kappa shape index (κ1) is 12.6. The second kappa shape index (κ2) is 4.45. The number of carboxylic acid groups (broad SMARTS) is 1. The Morgan fingerprint density at radius 1 is 1.56 bits per heavy atom. The first-order valence-corrected chi connectivity index (χ1v) is 7.12. The van der Waals surface area contributed by atoms with Crippen molar-refractivity contribution in [1.82, 2.24) is 4.98 Å². The van der Waals surface area contributed by atoms with Crippen LogP contribution in [0.3, 0.4) is 0 Å². The molecule has 2 N–H and O–H groups in total.